The minimum atomic E-state index is -0.317. The van der Waals surface area contributed by atoms with Gasteiger partial charge in [0.1, 0.15) is 11.6 Å². The van der Waals surface area contributed by atoms with E-state index in [2.05, 4.69) is 45.9 Å². The number of thiophene rings is 1. The highest BCUT2D eigenvalue weighted by Crippen LogP contribution is 2.36. The Hall–Kier alpha value is -0.910. The molecule has 0 fully saturated rings. The van der Waals surface area contributed by atoms with E-state index < -0.39 is 0 Å². The van der Waals surface area contributed by atoms with E-state index in [0.717, 1.165) is 12.1 Å². The quantitative estimate of drug-likeness (QED) is 0.839. The van der Waals surface area contributed by atoms with Crippen molar-refractivity contribution in [1.29, 1.82) is 0 Å². The topological polar surface area (TPSA) is 21.3 Å². The van der Waals surface area contributed by atoms with Crippen molar-refractivity contribution in [3.8, 4) is 5.75 Å². The van der Waals surface area contributed by atoms with Crippen molar-refractivity contribution < 1.29 is 9.13 Å². The van der Waals surface area contributed by atoms with Crippen LogP contribution >= 0.6 is 27.3 Å². The molecule has 1 unspecified atom stereocenters. The highest BCUT2D eigenvalue weighted by molar-refractivity contribution is 9.10. The minimum absolute atomic E-state index is 0.00176. The fraction of sp³-hybridized carbons (Fsp3) is 0.333. The first-order chi connectivity index (χ1) is 9.58. The van der Waals surface area contributed by atoms with Crippen LogP contribution in [0, 0.1) is 12.7 Å². The largest absolute Gasteiger partial charge is 0.496 e. The molecule has 0 spiro atoms. The molecule has 2 rings (SSSR count). The van der Waals surface area contributed by atoms with Gasteiger partial charge < -0.3 is 10.1 Å². The van der Waals surface area contributed by atoms with Crippen LogP contribution < -0.4 is 10.1 Å². The number of aryl methyl sites for hydroxylation is 1. The van der Waals surface area contributed by atoms with E-state index in [1.807, 2.05) is 0 Å². The third kappa shape index (κ3) is 3.05. The van der Waals surface area contributed by atoms with Crippen molar-refractivity contribution >= 4 is 27.3 Å². The van der Waals surface area contributed by atoms with Gasteiger partial charge in [-0.05, 0) is 57.4 Å². The Morgan fingerprint density at radius 1 is 1.35 bits per heavy atom. The molecule has 1 heterocycles. The summed E-state index contributed by atoms with van der Waals surface area (Å²) in [5, 5.41) is 7.69. The lowest BCUT2D eigenvalue weighted by Crippen LogP contribution is -2.23. The molecule has 1 aromatic heterocycles. The number of methoxy groups -OCH3 is 1. The zero-order valence-electron chi connectivity index (χ0n) is 11.7. The number of nitrogens with one attached hydrogen (secondary N) is 1. The van der Waals surface area contributed by atoms with Crippen LogP contribution in [0.15, 0.2) is 27.4 Å². The molecular weight excluding hydrogens is 341 g/mol. The predicted octanol–water partition coefficient (Wildman–Crippen LogP) is 4.67. The maximum Gasteiger partial charge on any atom is 0.141 e. The first kappa shape index (κ1) is 15.5. The average molecular weight is 358 g/mol. The van der Waals surface area contributed by atoms with Gasteiger partial charge in [-0.15, -0.1) is 0 Å². The van der Waals surface area contributed by atoms with Gasteiger partial charge >= 0.3 is 0 Å². The van der Waals surface area contributed by atoms with Crippen LogP contribution in [0.4, 0.5) is 4.39 Å². The first-order valence-corrected chi connectivity index (χ1v) is 8.11. The van der Waals surface area contributed by atoms with Crippen molar-refractivity contribution in [2.45, 2.75) is 19.9 Å². The summed E-state index contributed by atoms with van der Waals surface area (Å²) in [6.45, 7) is 4.96. The lowest BCUT2D eigenvalue weighted by molar-refractivity contribution is 0.400. The van der Waals surface area contributed by atoms with Gasteiger partial charge in [-0.3, -0.25) is 0 Å². The van der Waals surface area contributed by atoms with Gasteiger partial charge in [-0.25, -0.2) is 4.39 Å². The lowest BCUT2D eigenvalue weighted by Gasteiger charge is -2.21. The standard InChI is InChI=1S/C15H17BrFNOS/c1-4-18-15(11-8-20-7-9(11)2)10-5-12(16)13(17)6-14(10)19-3/h5-8,15,18H,4H2,1-3H3. The predicted molar refractivity (Wildman–Crippen MR) is 85.2 cm³/mol. The summed E-state index contributed by atoms with van der Waals surface area (Å²) in [5.74, 6) is 0.241. The molecule has 0 bridgehead atoms. The van der Waals surface area contributed by atoms with Gasteiger partial charge in [0.15, 0.2) is 0 Å². The monoisotopic (exact) mass is 357 g/mol. The van der Waals surface area contributed by atoms with Crippen molar-refractivity contribution in [1.82, 2.24) is 5.32 Å². The van der Waals surface area contributed by atoms with E-state index in [1.54, 1.807) is 24.5 Å². The summed E-state index contributed by atoms with van der Waals surface area (Å²) >= 11 is 4.92. The van der Waals surface area contributed by atoms with E-state index in [4.69, 9.17) is 4.74 Å². The molecule has 0 aliphatic rings. The van der Waals surface area contributed by atoms with Gasteiger partial charge in [0.2, 0.25) is 0 Å². The molecular formula is C15H17BrFNOS. The van der Waals surface area contributed by atoms with Crippen LogP contribution in [0.2, 0.25) is 0 Å². The molecule has 5 heteroatoms. The Kier molecular flexibility index (Phi) is 5.18. The van der Waals surface area contributed by atoms with E-state index in [-0.39, 0.29) is 11.9 Å². The summed E-state index contributed by atoms with van der Waals surface area (Å²) in [5.41, 5.74) is 3.36. The normalized spacial score (nSPS) is 12.4. The molecule has 0 amide bonds. The van der Waals surface area contributed by atoms with E-state index in [0.29, 0.717) is 10.2 Å². The van der Waals surface area contributed by atoms with Crippen LogP contribution in [-0.4, -0.2) is 13.7 Å². The molecule has 1 N–H and O–H groups in total. The van der Waals surface area contributed by atoms with Crippen LogP contribution in [0.25, 0.3) is 0 Å². The third-order valence-corrected chi connectivity index (χ3v) is 4.69. The van der Waals surface area contributed by atoms with Crippen molar-refractivity contribution in [3.63, 3.8) is 0 Å². The average Bonchev–Trinajstić information content (AvgIpc) is 2.85. The second kappa shape index (κ2) is 6.70. The molecule has 0 aliphatic carbocycles. The minimum Gasteiger partial charge on any atom is -0.496 e. The number of halogens is 2. The molecule has 20 heavy (non-hydrogen) atoms. The van der Waals surface area contributed by atoms with E-state index >= 15 is 0 Å². The molecule has 0 aliphatic heterocycles. The maximum absolute atomic E-state index is 13.7. The van der Waals surface area contributed by atoms with Crippen molar-refractivity contribution in [3.05, 3.63) is 49.9 Å². The van der Waals surface area contributed by atoms with Crippen LogP contribution in [0.5, 0.6) is 5.75 Å². The zero-order chi connectivity index (χ0) is 14.7. The number of hydrogen-bond donors (Lipinski definition) is 1. The maximum atomic E-state index is 13.7. The molecule has 0 radical (unpaired) electrons. The number of benzene rings is 1. The Morgan fingerprint density at radius 3 is 2.65 bits per heavy atom. The van der Waals surface area contributed by atoms with Gasteiger partial charge in [-0.1, -0.05) is 6.92 Å². The first-order valence-electron chi connectivity index (χ1n) is 6.37. The Balaban J connectivity index is 2.55. The highest BCUT2D eigenvalue weighted by Gasteiger charge is 2.21. The van der Waals surface area contributed by atoms with Crippen LogP contribution in [-0.2, 0) is 0 Å². The number of hydrogen-bond acceptors (Lipinski definition) is 3. The Labute approximate surface area is 131 Å². The molecule has 0 saturated heterocycles. The number of ether oxygens (including phenoxy) is 1. The number of rotatable bonds is 5. The van der Waals surface area contributed by atoms with Gasteiger partial charge in [0.25, 0.3) is 0 Å². The van der Waals surface area contributed by atoms with Crippen molar-refractivity contribution in [2.24, 2.45) is 0 Å². The molecule has 2 aromatic rings. The SMILES string of the molecule is CCNC(c1cscc1C)c1cc(Br)c(F)cc1OC. The van der Waals surface area contributed by atoms with E-state index in [1.165, 1.54) is 17.2 Å². The smallest absolute Gasteiger partial charge is 0.141 e. The summed E-state index contributed by atoms with van der Waals surface area (Å²) in [7, 11) is 1.57. The summed E-state index contributed by atoms with van der Waals surface area (Å²) < 4.78 is 19.5. The Morgan fingerprint density at radius 2 is 2.10 bits per heavy atom. The van der Waals surface area contributed by atoms with Gasteiger partial charge in [0.05, 0.1) is 17.6 Å². The summed E-state index contributed by atoms with van der Waals surface area (Å²) in [6.07, 6.45) is 0. The molecule has 1 aromatic carbocycles. The highest BCUT2D eigenvalue weighted by atomic mass is 79.9. The molecule has 108 valence electrons. The van der Waals surface area contributed by atoms with Crippen LogP contribution in [0.1, 0.15) is 29.7 Å². The third-order valence-electron chi connectivity index (χ3n) is 3.20. The zero-order valence-corrected chi connectivity index (χ0v) is 14.1. The van der Waals surface area contributed by atoms with Crippen molar-refractivity contribution in [2.75, 3.05) is 13.7 Å². The van der Waals surface area contributed by atoms with Gasteiger partial charge in [0, 0.05) is 11.6 Å². The second-order valence-electron chi connectivity index (χ2n) is 4.51. The molecule has 2 nitrogen and oxygen atoms in total. The molecule has 1 atom stereocenters. The fourth-order valence-corrected chi connectivity index (χ4v) is 3.44. The van der Waals surface area contributed by atoms with E-state index in [9.17, 15) is 4.39 Å². The lowest BCUT2D eigenvalue weighted by atomic mass is 9.97. The Bertz CT molecular complexity index is 600. The second-order valence-corrected chi connectivity index (χ2v) is 6.11. The fourth-order valence-electron chi connectivity index (χ4n) is 2.20. The molecule has 0 saturated carbocycles. The van der Waals surface area contributed by atoms with Crippen LogP contribution in [0.3, 0.4) is 0 Å². The summed E-state index contributed by atoms with van der Waals surface area (Å²) in [4.78, 5) is 0. The summed E-state index contributed by atoms with van der Waals surface area (Å²) in [6, 6.07) is 3.21. The van der Waals surface area contributed by atoms with Gasteiger partial charge in [-0.2, -0.15) is 11.3 Å².